The number of unbranched alkanes of at least 4 members (excludes halogenated alkanes) is 10. The minimum atomic E-state index is 1.02. The van der Waals surface area contributed by atoms with Gasteiger partial charge < -0.3 is 0 Å². The summed E-state index contributed by atoms with van der Waals surface area (Å²) in [6, 6.07) is 0. The fourth-order valence-corrected chi connectivity index (χ4v) is 4.44. The first-order valence-corrected chi connectivity index (χ1v) is 10.1. The van der Waals surface area contributed by atoms with Gasteiger partial charge in [-0.3, -0.25) is 0 Å². The van der Waals surface area contributed by atoms with Gasteiger partial charge in [0.25, 0.3) is 0 Å². The lowest BCUT2D eigenvalue weighted by Gasteiger charge is -2.20. The van der Waals surface area contributed by atoms with Gasteiger partial charge in [-0.15, -0.1) is 0 Å². The second-order valence-corrected chi connectivity index (χ2v) is 7.72. The molecule has 1 aliphatic heterocycles. The summed E-state index contributed by atoms with van der Waals surface area (Å²) < 4.78 is 0. The summed E-state index contributed by atoms with van der Waals surface area (Å²) in [5.41, 5.74) is 0. The highest BCUT2D eigenvalue weighted by Crippen LogP contribution is 2.29. The molecular formula is C18H36S. The molecule has 0 spiro atoms. The Kier molecular flexibility index (Phi) is 12.2. The lowest BCUT2D eigenvalue weighted by Crippen LogP contribution is -2.08. The summed E-state index contributed by atoms with van der Waals surface area (Å²) in [7, 11) is 0. The topological polar surface area (TPSA) is 0 Å². The van der Waals surface area contributed by atoms with Crippen LogP contribution in [0.15, 0.2) is 0 Å². The maximum absolute atomic E-state index is 2.30. The molecule has 0 aromatic rings. The summed E-state index contributed by atoms with van der Waals surface area (Å²) in [6.07, 6.45) is 22.2. The van der Waals surface area contributed by atoms with Crippen LogP contribution in [0.1, 0.15) is 103 Å². The van der Waals surface area contributed by atoms with Crippen LogP contribution in [0.4, 0.5) is 0 Å². The van der Waals surface area contributed by atoms with Gasteiger partial charge in [0.2, 0.25) is 0 Å². The van der Waals surface area contributed by atoms with E-state index in [1.165, 1.54) is 102 Å². The minimum Gasteiger partial charge on any atom is -0.159 e. The summed E-state index contributed by atoms with van der Waals surface area (Å²) in [4.78, 5) is 0. The third kappa shape index (κ3) is 10.8. The number of rotatable bonds is 12. The van der Waals surface area contributed by atoms with E-state index in [1.54, 1.807) is 0 Å². The van der Waals surface area contributed by atoms with Gasteiger partial charge in [0, 0.05) is 5.25 Å². The SMILES string of the molecule is CCCCCCCCCCCCCC1CCCCS1. The fourth-order valence-electron chi connectivity index (χ4n) is 3.07. The molecule has 1 atom stereocenters. The first-order valence-electron chi connectivity index (χ1n) is 9.05. The molecule has 1 saturated heterocycles. The molecular weight excluding hydrogens is 248 g/mol. The van der Waals surface area contributed by atoms with E-state index < -0.39 is 0 Å². The Bertz CT molecular complexity index is 173. The van der Waals surface area contributed by atoms with Gasteiger partial charge >= 0.3 is 0 Å². The molecule has 0 N–H and O–H groups in total. The molecule has 0 aromatic heterocycles. The van der Waals surface area contributed by atoms with Crippen molar-refractivity contribution in [3.05, 3.63) is 0 Å². The van der Waals surface area contributed by atoms with Crippen LogP contribution < -0.4 is 0 Å². The molecule has 0 nitrogen and oxygen atoms in total. The second kappa shape index (κ2) is 13.3. The zero-order valence-corrected chi connectivity index (χ0v) is 14.1. The second-order valence-electron chi connectivity index (χ2n) is 6.31. The van der Waals surface area contributed by atoms with Crippen LogP contribution in [-0.2, 0) is 0 Å². The van der Waals surface area contributed by atoms with Crippen molar-refractivity contribution in [3.8, 4) is 0 Å². The van der Waals surface area contributed by atoms with E-state index in [0.29, 0.717) is 0 Å². The Balaban J connectivity index is 1.71. The minimum absolute atomic E-state index is 1.02. The molecule has 0 aromatic carbocycles. The molecule has 0 bridgehead atoms. The highest BCUT2D eigenvalue weighted by atomic mass is 32.2. The molecule has 0 saturated carbocycles. The molecule has 1 heterocycles. The van der Waals surface area contributed by atoms with Crippen LogP contribution in [0.25, 0.3) is 0 Å². The average Bonchev–Trinajstić information content (AvgIpc) is 2.46. The molecule has 1 heteroatoms. The molecule has 114 valence electrons. The van der Waals surface area contributed by atoms with Gasteiger partial charge in [-0.1, -0.05) is 84.0 Å². The fraction of sp³-hybridized carbons (Fsp3) is 1.00. The van der Waals surface area contributed by atoms with Crippen LogP contribution >= 0.6 is 11.8 Å². The van der Waals surface area contributed by atoms with Crippen LogP contribution in [0, 0.1) is 0 Å². The normalized spacial score (nSPS) is 19.7. The molecule has 1 fully saturated rings. The van der Waals surface area contributed by atoms with Crippen molar-refractivity contribution in [2.75, 3.05) is 5.75 Å². The third-order valence-electron chi connectivity index (χ3n) is 4.40. The van der Waals surface area contributed by atoms with Gasteiger partial charge in [-0.2, -0.15) is 11.8 Å². The van der Waals surface area contributed by atoms with E-state index in [0.717, 1.165) is 5.25 Å². The quantitative estimate of drug-likeness (QED) is 0.349. The van der Waals surface area contributed by atoms with Crippen molar-refractivity contribution < 1.29 is 0 Å². The molecule has 1 aliphatic rings. The highest BCUT2D eigenvalue weighted by molar-refractivity contribution is 7.99. The summed E-state index contributed by atoms with van der Waals surface area (Å²) in [6.45, 7) is 2.30. The average molecular weight is 285 g/mol. The Morgan fingerprint density at radius 1 is 0.737 bits per heavy atom. The van der Waals surface area contributed by atoms with Gasteiger partial charge in [-0.05, 0) is 25.0 Å². The van der Waals surface area contributed by atoms with Crippen molar-refractivity contribution in [2.45, 2.75) is 108 Å². The Labute approximate surface area is 126 Å². The van der Waals surface area contributed by atoms with Crippen LogP contribution in [-0.4, -0.2) is 11.0 Å². The maximum atomic E-state index is 2.30. The van der Waals surface area contributed by atoms with Crippen molar-refractivity contribution >= 4 is 11.8 Å². The van der Waals surface area contributed by atoms with Crippen molar-refractivity contribution in [1.82, 2.24) is 0 Å². The van der Waals surface area contributed by atoms with Crippen molar-refractivity contribution in [2.24, 2.45) is 0 Å². The van der Waals surface area contributed by atoms with Gasteiger partial charge in [0.15, 0.2) is 0 Å². The Hall–Kier alpha value is 0.350. The van der Waals surface area contributed by atoms with E-state index in [-0.39, 0.29) is 0 Å². The monoisotopic (exact) mass is 284 g/mol. The van der Waals surface area contributed by atoms with Gasteiger partial charge in [0.1, 0.15) is 0 Å². The smallest absolute Gasteiger partial charge is 0.00470 e. The number of hydrogen-bond donors (Lipinski definition) is 0. The molecule has 19 heavy (non-hydrogen) atoms. The molecule has 0 radical (unpaired) electrons. The maximum Gasteiger partial charge on any atom is 0.00470 e. The van der Waals surface area contributed by atoms with Gasteiger partial charge in [0.05, 0.1) is 0 Å². The Morgan fingerprint density at radius 2 is 1.32 bits per heavy atom. The lowest BCUT2D eigenvalue weighted by molar-refractivity contribution is 0.532. The Morgan fingerprint density at radius 3 is 1.84 bits per heavy atom. The largest absolute Gasteiger partial charge is 0.159 e. The van der Waals surface area contributed by atoms with E-state index in [4.69, 9.17) is 0 Å². The first-order chi connectivity index (χ1) is 9.43. The highest BCUT2D eigenvalue weighted by Gasteiger charge is 2.12. The van der Waals surface area contributed by atoms with Gasteiger partial charge in [-0.25, -0.2) is 0 Å². The summed E-state index contributed by atoms with van der Waals surface area (Å²) in [5, 5.41) is 1.02. The number of hydrogen-bond acceptors (Lipinski definition) is 1. The van der Waals surface area contributed by atoms with Crippen LogP contribution in [0.2, 0.25) is 0 Å². The zero-order chi connectivity index (χ0) is 13.6. The lowest BCUT2D eigenvalue weighted by atomic mass is 10.0. The van der Waals surface area contributed by atoms with Crippen molar-refractivity contribution in [3.63, 3.8) is 0 Å². The molecule has 1 rings (SSSR count). The number of thioether (sulfide) groups is 1. The van der Waals surface area contributed by atoms with E-state index in [1.807, 2.05) is 0 Å². The standard InChI is InChI=1S/C18H36S/c1-2-3-4-5-6-7-8-9-10-11-12-15-18-16-13-14-17-19-18/h18H,2-17H2,1H3. The predicted molar refractivity (Wildman–Crippen MR) is 91.2 cm³/mol. The van der Waals surface area contributed by atoms with Crippen molar-refractivity contribution in [1.29, 1.82) is 0 Å². The first kappa shape index (κ1) is 17.4. The molecule has 1 unspecified atom stereocenters. The molecule has 0 aliphatic carbocycles. The third-order valence-corrected chi connectivity index (χ3v) is 5.87. The van der Waals surface area contributed by atoms with Crippen LogP contribution in [0.3, 0.4) is 0 Å². The summed E-state index contributed by atoms with van der Waals surface area (Å²) in [5.74, 6) is 1.43. The van der Waals surface area contributed by atoms with E-state index in [2.05, 4.69) is 18.7 Å². The van der Waals surface area contributed by atoms with Crippen LogP contribution in [0.5, 0.6) is 0 Å². The molecule has 0 amide bonds. The summed E-state index contributed by atoms with van der Waals surface area (Å²) >= 11 is 2.24. The predicted octanol–water partition coefficient (Wildman–Crippen LogP) is 6.97. The van der Waals surface area contributed by atoms with E-state index >= 15 is 0 Å². The zero-order valence-electron chi connectivity index (χ0n) is 13.3. The van der Waals surface area contributed by atoms with E-state index in [9.17, 15) is 0 Å².